The molecule has 0 amide bonds. The van der Waals surface area contributed by atoms with E-state index < -0.39 is 0 Å². The minimum Gasteiger partial charge on any atom is -0.399 e. The molecule has 1 fully saturated rings. The number of nitrogen functional groups attached to an aromatic ring is 1. The van der Waals surface area contributed by atoms with Crippen LogP contribution < -0.4 is 16.6 Å². The minimum absolute atomic E-state index is 0.104. The van der Waals surface area contributed by atoms with E-state index >= 15 is 0 Å². The molecule has 3 N–H and O–H groups in total. The number of rotatable bonds is 4. The van der Waals surface area contributed by atoms with E-state index in [1.165, 1.54) is 19.3 Å². The summed E-state index contributed by atoms with van der Waals surface area (Å²) in [6.07, 6.45) is 5.29. The molecule has 6 heteroatoms. The van der Waals surface area contributed by atoms with E-state index in [9.17, 15) is 4.79 Å². The molecule has 0 aliphatic heterocycles. The van der Waals surface area contributed by atoms with Crippen molar-refractivity contribution < 1.29 is 0 Å². The minimum atomic E-state index is -0.104. The van der Waals surface area contributed by atoms with Crippen molar-refractivity contribution in [1.29, 1.82) is 0 Å². The van der Waals surface area contributed by atoms with Crippen LogP contribution in [0.4, 0.5) is 17.1 Å². The Morgan fingerprint density at radius 1 is 1.33 bits per heavy atom. The lowest BCUT2D eigenvalue weighted by atomic mass is 9.85. The fourth-order valence-electron chi connectivity index (χ4n) is 2.34. The number of nitrogens with one attached hydrogen (secondary N) is 1. The third kappa shape index (κ3) is 3.10. The zero-order chi connectivity index (χ0) is 14.8. The predicted octanol–water partition coefficient (Wildman–Crippen LogP) is 3.13. The molecule has 0 unspecified atom stereocenters. The highest BCUT2D eigenvalue weighted by Crippen LogP contribution is 2.28. The van der Waals surface area contributed by atoms with Crippen molar-refractivity contribution in [3.63, 3.8) is 0 Å². The van der Waals surface area contributed by atoms with Gasteiger partial charge in [-0.1, -0.05) is 6.42 Å². The van der Waals surface area contributed by atoms with E-state index in [0.717, 1.165) is 5.69 Å². The van der Waals surface area contributed by atoms with Crippen molar-refractivity contribution in [2.45, 2.75) is 25.8 Å². The third-order valence-corrected chi connectivity index (χ3v) is 4.43. The fourth-order valence-corrected chi connectivity index (χ4v) is 2.70. The first-order chi connectivity index (χ1) is 10.1. The van der Waals surface area contributed by atoms with Crippen molar-refractivity contribution in [3.05, 3.63) is 45.3 Å². The smallest absolute Gasteiger partial charge is 0.291 e. The van der Waals surface area contributed by atoms with E-state index in [0.29, 0.717) is 28.3 Å². The van der Waals surface area contributed by atoms with Gasteiger partial charge in [-0.2, -0.15) is 5.10 Å². The topological polar surface area (TPSA) is 72.9 Å². The van der Waals surface area contributed by atoms with Crippen LogP contribution in [0.15, 0.2) is 39.7 Å². The Labute approximate surface area is 131 Å². The monoisotopic (exact) mass is 348 g/mol. The summed E-state index contributed by atoms with van der Waals surface area (Å²) < 4.78 is 2.21. The summed E-state index contributed by atoms with van der Waals surface area (Å²) >= 11 is 3.39. The van der Waals surface area contributed by atoms with Gasteiger partial charge in [0.2, 0.25) is 0 Å². The normalized spacial score (nSPS) is 14.7. The molecule has 0 bridgehead atoms. The molecule has 110 valence electrons. The van der Waals surface area contributed by atoms with Crippen LogP contribution in [0.3, 0.4) is 0 Å². The second-order valence-electron chi connectivity index (χ2n) is 5.40. The van der Waals surface area contributed by atoms with Crippen LogP contribution in [0, 0.1) is 5.92 Å². The number of benzene rings is 1. The molecule has 5 nitrogen and oxygen atoms in total. The lowest BCUT2D eigenvalue weighted by Gasteiger charge is -2.25. The van der Waals surface area contributed by atoms with Crippen LogP contribution >= 0.6 is 15.9 Å². The average Bonchev–Trinajstić information content (AvgIpc) is 2.43. The summed E-state index contributed by atoms with van der Waals surface area (Å²) in [5, 5.41) is 7.35. The predicted molar refractivity (Wildman–Crippen MR) is 87.7 cm³/mol. The van der Waals surface area contributed by atoms with E-state index in [4.69, 9.17) is 5.73 Å². The SMILES string of the molecule is Nc1ccc(Nc2c(Br)cnn(CC3CCC3)c2=O)cc1. The van der Waals surface area contributed by atoms with Gasteiger partial charge in [0.25, 0.3) is 5.56 Å². The maximum Gasteiger partial charge on any atom is 0.291 e. The fraction of sp³-hybridized carbons (Fsp3) is 0.333. The van der Waals surface area contributed by atoms with Crippen LogP contribution in [-0.4, -0.2) is 9.78 Å². The molecule has 21 heavy (non-hydrogen) atoms. The highest BCUT2D eigenvalue weighted by atomic mass is 79.9. The summed E-state index contributed by atoms with van der Waals surface area (Å²) in [4.78, 5) is 12.5. The van der Waals surface area contributed by atoms with Gasteiger partial charge in [0.15, 0.2) is 0 Å². The Balaban J connectivity index is 1.87. The Morgan fingerprint density at radius 3 is 2.67 bits per heavy atom. The molecule has 1 aliphatic rings. The van der Waals surface area contributed by atoms with Crippen molar-refractivity contribution >= 4 is 33.0 Å². The maximum atomic E-state index is 12.5. The van der Waals surface area contributed by atoms with Gasteiger partial charge in [0, 0.05) is 17.9 Å². The van der Waals surface area contributed by atoms with E-state index in [-0.39, 0.29) is 5.56 Å². The average molecular weight is 349 g/mol. The first-order valence-electron chi connectivity index (χ1n) is 7.01. The number of nitrogens with two attached hydrogens (primary N) is 1. The summed E-state index contributed by atoms with van der Waals surface area (Å²) in [6.45, 7) is 0.697. The molecular weight excluding hydrogens is 332 g/mol. The summed E-state index contributed by atoms with van der Waals surface area (Å²) in [5.41, 5.74) is 7.59. The Morgan fingerprint density at radius 2 is 2.05 bits per heavy atom. The molecule has 1 heterocycles. The standard InChI is InChI=1S/C15H17BrN4O/c16-13-8-18-20(9-10-2-1-3-10)15(21)14(13)19-12-6-4-11(17)5-7-12/h4-8,10,19H,1-3,9,17H2. The van der Waals surface area contributed by atoms with Gasteiger partial charge in [-0.25, -0.2) is 4.68 Å². The van der Waals surface area contributed by atoms with Crippen LogP contribution in [0.5, 0.6) is 0 Å². The molecule has 1 saturated carbocycles. The van der Waals surface area contributed by atoms with Gasteiger partial charge in [-0.3, -0.25) is 4.79 Å². The zero-order valence-electron chi connectivity index (χ0n) is 11.6. The van der Waals surface area contributed by atoms with Gasteiger partial charge in [-0.05, 0) is 59.0 Å². The summed E-state index contributed by atoms with van der Waals surface area (Å²) in [5.74, 6) is 0.584. The van der Waals surface area contributed by atoms with Crippen LogP contribution in [0.2, 0.25) is 0 Å². The highest BCUT2D eigenvalue weighted by molar-refractivity contribution is 9.10. The van der Waals surface area contributed by atoms with Crippen molar-refractivity contribution in [2.24, 2.45) is 5.92 Å². The molecule has 2 aromatic rings. The summed E-state index contributed by atoms with van der Waals surface area (Å²) in [7, 11) is 0. The van der Waals surface area contributed by atoms with Gasteiger partial charge >= 0.3 is 0 Å². The number of aromatic nitrogens is 2. The van der Waals surface area contributed by atoms with Crippen LogP contribution in [0.25, 0.3) is 0 Å². The number of anilines is 3. The van der Waals surface area contributed by atoms with Crippen LogP contribution in [0.1, 0.15) is 19.3 Å². The first kappa shape index (κ1) is 14.1. The molecule has 0 atom stereocenters. The molecular formula is C15H17BrN4O. The lowest BCUT2D eigenvalue weighted by Crippen LogP contribution is -2.30. The maximum absolute atomic E-state index is 12.5. The highest BCUT2D eigenvalue weighted by Gasteiger charge is 2.20. The molecule has 0 spiro atoms. The van der Waals surface area contributed by atoms with E-state index in [1.54, 1.807) is 23.0 Å². The third-order valence-electron chi connectivity index (χ3n) is 3.83. The Hall–Kier alpha value is -1.82. The van der Waals surface area contributed by atoms with Crippen molar-refractivity contribution in [3.8, 4) is 0 Å². The second kappa shape index (κ2) is 5.89. The van der Waals surface area contributed by atoms with Crippen molar-refractivity contribution in [1.82, 2.24) is 9.78 Å². The number of hydrogen-bond acceptors (Lipinski definition) is 4. The first-order valence-corrected chi connectivity index (χ1v) is 7.81. The van der Waals surface area contributed by atoms with Gasteiger partial charge < -0.3 is 11.1 Å². The number of nitrogens with zero attached hydrogens (tertiary/aromatic N) is 2. The van der Waals surface area contributed by atoms with Gasteiger partial charge in [0.1, 0.15) is 5.69 Å². The van der Waals surface area contributed by atoms with E-state index in [1.807, 2.05) is 12.1 Å². The van der Waals surface area contributed by atoms with Gasteiger partial charge in [0.05, 0.1) is 10.7 Å². The zero-order valence-corrected chi connectivity index (χ0v) is 13.1. The summed E-state index contributed by atoms with van der Waals surface area (Å²) in [6, 6.07) is 7.28. The van der Waals surface area contributed by atoms with Gasteiger partial charge in [-0.15, -0.1) is 0 Å². The number of halogens is 1. The Bertz CT molecular complexity index is 692. The number of hydrogen-bond donors (Lipinski definition) is 2. The second-order valence-corrected chi connectivity index (χ2v) is 6.25. The lowest BCUT2D eigenvalue weighted by molar-refractivity contribution is 0.262. The Kier molecular flexibility index (Phi) is 3.96. The molecule has 1 aromatic carbocycles. The largest absolute Gasteiger partial charge is 0.399 e. The van der Waals surface area contributed by atoms with E-state index in [2.05, 4.69) is 26.3 Å². The van der Waals surface area contributed by atoms with Crippen molar-refractivity contribution in [2.75, 3.05) is 11.1 Å². The molecule has 1 aliphatic carbocycles. The van der Waals surface area contributed by atoms with Crippen LogP contribution in [-0.2, 0) is 6.54 Å². The molecule has 0 saturated heterocycles. The molecule has 1 aromatic heterocycles. The molecule has 0 radical (unpaired) electrons. The quantitative estimate of drug-likeness (QED) is 0.832. The molecule has 3 rings (SSSR count).